The van der Waals surface area contributed by atoms with E-state index in [0.29, 0.717) is 0 Å². The lowest BCUT2D eigenvalue weighted by molar-refractivity contribution is -0.109. The maximum atomic E-state index is 10.8. The molecule has 0 spiro atoms. The van der Waals surface area contributed by atoms with E-state index in [9.17, 15) is 4.79 Å². The normalized spacial score (nSPS) is 35.1. The van der Waals surface area contributed by atoms with Crippen LogP contribution < -0.4 is 5.32 Å². The second-order valence-corrected chi connectivity index (χ2v) is 5.52. The van der Waals surface area contributed by atoms with Crippen LogP contribution in [0.3, 0.4) is 0 Å². The van der Waals surface area contributed by atoms with Crippen LogP contribution in [-0.4, -0.2) is 24.0 Å². The summed E-state index contributed by atoms with van der Waals surface area (Å²) in [5.74, 6) is 3.70. The quantitative estimate of drug-likeness (QED) is 0.793. The largest absolute Gasteiger partial charge is 0.316 e. The molecule has 82 valence electrons. The lowest BCUT2D eigenvalue weighted by Gasteiger charge is -2.08. The third kappa shape index (κ3) is 2.88. The van der Waals surface area contributed by atoms with Crippen molar-refractivity contribution in [2.75, 3.05) is 18.8 Å². The molecule has 2 fully saturated rings. The average molecular weight is 236 g/mol. The molecule has 2 nitrogen and oxygen atoms in total. The fraction of sp³-hybridized carbons (Fsp3) is 0.900. The number of hydrogen-bond acceptors (Lipinski definition) is 3. The van der Waals surface area contributed by atoms with Gasteiger partial charge in [-0.1, -0.05) is 11.8 Å². The van der Waals surface area contributed by atoms with E-state index in [1.165, 1.54) is 37.7 Å². The van der Waals surface area contributed by atoms with Crippen molar-refractivity contribution in [1.29, 1.82) is 0 Å². The molecular formula is C10H18ClNOS. The van der Waals surface area contributed by atoms with Crippen LogP contribution in [-0.2, 0) is 4.79 Å². The Hall–Kier alpha value is 0.270. The Labute approximate surface area is 96.0 Å². The number of hydrogen-bond donors (Lipinski definition) is 1. The Morgan fingerprint density at radius 3 is 2.43 bits per heavy atom. The molecule has 2 atom stereocenters. The Kier molecular flexibility index (Phi) is 4.74. The van der Waals surface area contributed by atoms with Crippen LogP contribution in [0.1, 0.15) is 19.8 Å². The van der Waals surface area contributed by atoms with Crippen LogP contribution in [0.4, 0.5) is 0 Å². The highest BCUT2D eigenvalue weighted by Crippen LogP contribution is 2.39. The van der Waals surface area contributed by atoms with Gasteiger partial charge in [0, 0.05) is 12.7 Å². The fourth-order valence-corrected chi connectivity index (χ4v) is 3.41. The minimum Gasteiger partial charge on any atom is -0.316 e. The van der Waals surface area contributed by atoms with Crippen molar-refractivity contribution in [3.8, 4) is 0 Å². The first-order chi connectivity index (χ1) is 6.25. The molecule has 2 rings (SSSR count). The molecule has 2 aliphatic rings. The number of carbonyl (C=O) groups excluding carboxylic acids is 1. The molecule has 1 saturated heterocycles. The highest BCUT2D eigenvalue weighted by Gasteiger charge is 2.36. The molecule has 4 heteroatoms. The van der Waals surface area contributed by atoms with E-state index in [4.69, 9.17) is 0 Å². The monoisotopic (exact) mass is 235 g/mol. The van der Waals surface area contributed by atoms with Crippen molar-refractivity contribution in [2.45, 2.75) is 19.8 Å². The van der Waals surface area contributed by atoms with Crippen molar-refractivity contribution in [3.63, 3.8) is 0 Å². The third-order valence-electron chi connectivity index (χ3n) is 3.27. The van der Waals surface area contributed by atoms with Gasteiger partial charge in [-0.3, -0.25) is 4.79 Å². The molecule has 1 saturated carbocycles. The van der Waals surface area contributed by atoms with Crippen LogP contribution in [0, 0.1) is 17.8 Å². The van der Waals surface area contributed by atoms with Gasteiger partial charge in [-0.25, -0.2) is 0 Å². The van der Waals surface area contributed by atoms with Gasteiger partial charge in [0.15, 0.2) is 5.12 Å². The van der Waals surface area contributed by atoms with Crippen molar-refractivity contribution in [1.82, 2.24) is 5.32 Å². The molecule has 1 N–H and O–H groups in total. The maximum absolute atomic E-state index is 10.8. The van der Waals surface area contributed by atoms with E-state index in [1.54, 1.807) is 6.92 Å². The minimum absolute atomic E-state index is 0. The Morgan fingerprint density at radius 2 is 1.93 bits per heavy atom. The van der Waals surface area contributed by atoms with Gasteiger partial charge in [-0.15, -0.1) is 12.4 Å². The van der Waals surface area contributed by atoms with Crippen LogP contribution >= 0.6 is 24.2 Å². The second kappa shape index (κ2) is 5.38. The van der Waals surface area contributed by atoms with E-state index in [-0.39, 0.29) is 17.5 Å². The van der Waals surface area contributed by atoms with Crippen molar-refractivity contribution in [3.05, 3.63) is 0 Å². The van der Waals surface area contributed by atoms with Crippen molar-refractivity contribution < 1.29 is 4.79 Å². The summed E-state index contributed by atoms with van der Waals surface area (Å²) in [6.07, 6.45) is 2.69. The summed E-state index contributed by atoms with van der Waals surface area (Å²) in [7, 11) is 0. The predicted octanol–water partition coefficient (Wildman–Crippen LogP) is 1.93. The molecule has 0 amide bonds. The zero-order chi connectivity index (χ0) is 9.26. The fourth-order valence-electron chi connectivity index (χ4n) is 2.66. The second-order valence-electron chi connectivity index (χ2n) is 4.32. The molecule has 0 aromatic carbocycles. The zero-order valence-electron chi connectivity index (χ0n) is 8.49. The topological polar surface area (TPSA) is 29.1 Å². The summed E-state index contributed by atoms with van der Waals surface area (Å²) >= 11 is 1.51. The van der Waals surface area contributed by atoms with E-state index in [2.05, 4.69) is 5.32 Å². The summed E-state index contributed by atoms with van der Waals surface area (Å²) in [5.41, 5.74) is 0. The van der Waals surface area contributed by atoms with Gasteiger partial charge in [0.25, 0.3) is 0 Å². The summed E-state index contributed by atoms with van der Waals surface area (Å²) in [6.45, 7) is 4.10. The maximum Gasteiger partial charge on any atom is 0.185 e. The number of rotatable bonds is 2. The first kappa shape index (κ1) is 12.3. The summed E-state index contributed by atoms with van der Waals surface area (Å²) in [5, 5.41) is 3.71. The molecular weight excluding hydrogens is 218 g/mol. The van der Waals surface area contributed by atoms with Crippen molar-refractivity contribution in [2.24, 2.45) is 17.8 Å². The zero-order valence-corrected chi connectivity index (χ0v) is 10.1. The molecule has 0 bridgehead atoms. The lowest BCUT2D eigenvalue weighted by atomic mass is 10.0. The van der Waals surface area contributed by atoms with Crippen molar-refractivity contribution >= 4 is 29.3 Å². The van der Waals surface area contributed by atoms with E-state index in [0.717, 1.165) is 23.5 Å². The third-order valence-corrected chi connectivity index (χ3v) is 4.32. The highest BCUT2D eigenvalue weighted by molar-refractivity contribution is 8.13. The number of halogens is 1. The smallest absolute Gasteiger partial charge is 0.185 e. The predicted molar refractivity (Wildman–Crippen MR) is 63.0 cm³/mol. The number of carbonyl (C=O) groups is 1. The van der Waals surface area contributed by atoms with E-state index < -0.39 is 0 Å². The van der Waals surface area contributed by atoms with Gasteiger partial charge >= 0.3 is 0 Å². The van der Waals surface area contributed by atoms with Gasteiger partial charge in [-0.2, -0.15) is 0 Å². The lowest BCUT2D eigenvalue weighted by Crippen LogP contribution is -2.13. The molecule has 0 aromatic heterocycles. The number of fused-ring (bicyclic) bond motifs is 1. The van der Waals surface area contributed by atoms with Gasteiger partial charge < -0.3 is 5.32 Å². The number of thioether (sulfide) groups is 1. The molecule has 0 radical (unpaired) electrons. The minimum atomic E-state index is 0. The summed E-state index contributed by atoms with van der Waals surface area (Å²) in [6, 6.07) is 0. The van der Waals surface area contributed by atoms with Gasteiger partial charge in [0.2, 0.25) is 0 Å². The molecule has 2 unspecified atom stereocenters. The van der Waals surface area contributed by atoms with Crippen LogP contribution in [0.5, 0.6) is 0 Å². The van der Waals surface area contributed by atoms with Crippen LogP contribution in [0.15, 0.2) is 0 Å². The molecule has 1 aliphatic carbocycles. The Balaban J connectivity index is 0.000000980. The standard InChI is InChI=1S/C10H17NOS.ClH/c1-7(12)13-6-8-2-9-4-11-5-10(9)3-8;/h8-11H,2-6H2,1H3;1H. The highest BCUT2D eigenvalue weighted by atomic mass is 35.5. The molecule has 14 heavy (non-hydrogen) atoms. The van der Waals surface area contributed by atoms with Gasteiger partial charge in [0.1, 0.15) is 0 Å². The Bertz CT molecular complexity index is 200. The number of nitrogens with one attached hydrogen (secondary N) is 1. The van der Waals surface area contributed by atoms with E-state index in [1.807, 2.05) is 0 Å². The summed E-state index contributed by atoms with van der Waals surface area (Å²) < 4.78 is 0. The molecule has 1 aliphatic heterocycles. The van der Waals surface area contributed by atoms with Crippen LogP contribution in [0.25, 0.3) is 0 Å². The molecule has 1 heterocycles. The molecule has 0 aromatic rings. The first-order valence-electron chi connectivity index (χ1n) is 5.10. The first-order valence-corrected chi connectivity index (χ1v) is 6.08. The SMILES string of the molecule is CC(=O)SCC1CC2CNCC2C1.Cl. The Morgan fingerprint density at radius 1 is 1.36 bits per heavy atom. The van der Waals surface area contributed by atoms with E-state index >= 15 is 0 Å². The van der Waals surface area contributed by atoms with Crippen LogP contribution in [0.2, 0.25) is 0 Å². The van der Waals surface area contributed by atoms with Gasteiger partial charge in [0.05, 0.1) is 0 Å². The van der Waals surface area contributed by atoms with Gasteiger partial charge in [-0.05, 0) is 43.7 Å². The summed E-state index contributed by atoms with van der Waals surface area (Å²) in [4.78, 5) is 10.8. The average Bonchev–Trinajstić information content (AvgIpc) is 2.58.